The van der Waals surface area contributed by atoms with Crippen molar-refractivity contribution in [2.24, 2.45) is 0 Å². The Morgan fingerprint density at radius 1 is 1.21 bits per heavy atom. The summed E-state index contributed by atoms with van der Waals surface area (Å²) in [5.74, 6) is -1.43. The summed E-state index contributed by atoms with van der Waals surface area (Å²) in [6.07, 6.45) is 0. The number of carbonyl (C=O) groups is 2. The van der Waals surface area contributed by atoms with Crippen molar-refractivity contribution in [2.45, 2.75) is 6.92 Å². The van der Waals surface area contributed by atoms with E-state index in [0.717, 1.165) is 0 Å². The molecule has 0 unspecified atom stereocenters. The number of aromatic nitrogens is 1. The van der Waals surface area contributed by atoms with Crippen LogP contribution in [0.5, 0.6) is 0 Å². The number of nitrogens with zero attached hydrogens (tertiary/aromatic N) is 2. The largest absolute Gasteiger partial charge is 0.452 e. The maximum Gasteiger partial charge on any atom is 0.340 e. The zero-order valence-corrected chi connectivity index (χ0v) is 15.4. The third-order valence-electron chi connectivity index (χ3n) is 3.90. The van der Waals surface area contributed by atoms with Crippen LogP contribution < -0.4 is 5.32 Å². The highest BCUT2D eigenvalue weighted by Crippen LogP contribution is 2.23. The number of nitrogens with one attached hydrogen (secondary N) is 1. The summed E-state index contributed by atoms with van der Waals surface area (Å²) in [5, 5.41) is 14.5. The van der Waals surface area contributed by atoms with Gasteiger partial charge in [0.05, 0.1) is 21.7 Å². The fourth-order valence-corrected chi connectivity index (χ4v) is 2.76. The lowest BCUT2D eigenvalue weighted by atomic mass is 10.1. The molecule has 1 N–H and O–H groups in total. The molecule has 0 atom stereocenters. The van der Waals surface area contributed by atoms with Crippen molar-refractivity contribution in [1.29, 1.82) is 0 Å². The fourth-order valence-electron chi connectivity index (χ4n) is 2.58. The molecule has 0 aliphatic carbocycles. The van der Waals surface area contributed by atoms with Gasteiger partial charge in [0.15, 0.2) is 6.61 Å². The second-order valence-corrected chi connectivity index (χ2v) is 6.29. The van der Waals surface area contributed by atoms with Crippen LogP contribution >= 0.6 is 11.6 Å². The quantitative estimate of drug-likeness (QED) is 0.395. The van der Waals surface area contributed by atoms with E-state index in [1.165, 1.54) is 18.2 Å². The molecule has 1 aromatic heterocycles. The Morgan fingerprint density at radius 3 is 2.71 bits per heavy atom. The van der Waals surface area contributed by atoms with Crippen molar-refractivity contribution < 1.29 is 19.2 Å². The SMILES string of the molecule is Cc1nc2ccc(Cl)cc2cc1C(=O)OCC(=O)Nc1ccccc1[N+](=O)[O-]. The first kappa shape index (κ1) is 19.2. The van der Waals surface area contributed by atoms with Gasteiger partial charge in [-0.2, -0.15) is 0 Å². The van der Waals surface area contributed by atoms with Gasteiger partial charge in [-0.3, -0.25) is 19.9 Å². The summed E-state index contributed by atoms with van der Waals surface area (Å²) >= 11 is 5.96. The molecule has 142 valence electrons. The van der Waals surface area contributed by atoms with E-state index in [-0.39, 0.29) is 16.9 Å². The van der Waals surface area contributed by atoms with Crippen molar-refractivity contribution in [2.75, 3.05) is 11.9 Å². The first-order valence-corrected chi connectivity index (χ1v) is 8.50. The molecule has 1 amide bonds. The minimum absolute atomic E-state index is 0.0201. The molecule has 0 aliphatic rings. The molecular weight excluding hydrogens is 386 g/mol. The van der Waals surface area contributed by atoms with Gasteiger partial charge >= 0.3 is 5.97 Å². The van der Waals surface area contributed by atoms with Crippen LogP contribution in [0.25, 0.3) is 10.9 Å². The maximum absolute atomic E-state index is 12.3. The van der Waals surface area contributed by atoms with E-state index in [4.69, 9.17) is 16.3 Å². The van der Waals surface area contributed by atoms with Crippen molar-refractivity contribution in [3.63, 3.8) is 0 Å². The van der Waals surface area contributed by atoms with Crippen molar-refractivity contribution >= 4 is 45.8 Å². The molecule has 28 heavy (non-hydrogen) atoms. The van der Waals surface area contributed by atoms with Gasteiger partial charge < -0.3 is 10.1 Å². The lowest BCUT2D eigenvalue weighted by molar-refractivity contribution is -0.383. The van der Waals surface area contributed by atoms with Crippen LogP contribution in [0.1, 0.15) is 16.1 Å². The van der Waals surface area contributed by atoms with Crippen LogP contribution in [0, 0.1) is 17.0 Å². The molecule has 9 heteroatoms. The number of hydrogen-bond donors (Lipinski definition) is 1. The second kappa shape index (κ2) is 8.01. The molecule has 0 spiro atoms. The van der Waals surface area contributed by atoms with Crippen LogP contribution in [-0.2, 0) is 9.53 Å². The molecule has 0 aliphatic heterocycles. The average molecular weight is 400 g/mol. The third-order valence-corrected chi connectivity index (χ3v) is 4.13. The van der Waals surface area contributed by atoms with Crippen LogP contribution in [0.3, 0.4) is 0 Å². The highest BCUT2D eigenvalue weighted by molar-refractivity contribution is 6.31. The number of hydrogen-bond acceptors (Lipinski definition) is 6. The van der Waals surface area contributed by atoms with Crippen LogP contribution in [0.2, 0.25) is 5.02 Å². The second-order valence-electron chi connectivity index (χ2n) is 5.86. The molecule has 0 fully saturated rings. The lowest BCUT2D eigenvalue weighted by Gasteiger charge is -2.09. The monoisotopic (exact) mass is 399 g/mol. The van der Waals surface area contributed by atoms with E-state index in [2.05, 4.69) is 10.3 Å². The number of ether oxygens (including phenoxy) is 1. The Morgan fingerprint density at radius 2 is 1.96 bits per heavy atom. The molecule has 2 aromatic carbocycles. The predicted molar refractivity (Wildman–Crippen MR) is 103 cm³/mol. The first-order chi connectivity index (χ1) is 13.3. The summed E-state index contributed by atoms with van der Waals surface area (Å²) in [4.78, 5) is 39.1. The third kappa shape index (κ3) is 4.24. The highest BCUT2D eigenvalue weighted by atomic mass is 35.5. The number of aryl methyl sites for hydroxylation is 1. The maximum atomic E-state index is 12.3. The van der Waals surface area contributed by atoms with Crippen molar-refractivity contribution in [3.8, 4) is 0 Å². The van der Waals surface area contributed by atoms with E-state index in [9.17, 15) is 19.7 Å². The number of anilines is 1. The topological polar surface area (TPSA) is 111 Å². The standard InChI is InChI=1S/C19H14ClN3O5/c1-11-14(9-12-8-13(20)6-7-15(12)21-11)19(25)28-10-18(24)22-16-4-2-3-5-17(16)23(26)27/h2-9H,10H2,1H3,(H,22,24). The summed E-state index contributed by atoms with van der Waals surface area (Å²) in [6, 6.07) is 12.4. The van der Waals surface area contributed by atoms with Gasteiger partial charge in [-0.15, -0.1) is 0 Å². The van der Waals surface area contributed by atoms with Crippen LogP contribution in [0.15, 0.2) is 48.5 Å². The van der Waals surface area contributed by atoms with Gasteiger partial charge in [-0.1, -0.05) is 23.7 Å². The van der Waals surface area contributed by atoms with E-state index < -0.39 is 23.4 Å². The summed E-state index contributed by atoms with van der Waals surface area (Å²) in [5.41, 5.74) is 1.08. The Kier molecular flexibility index (Phi) is 5.51. The number of amides is 1. The normalized spacial score (nSPS) is 10.5. The number of rotatable bonds is 5. The predicted octanol–water partition coefficient (Wildman–Crippen LogP) is 3.90. The van der Waals surface area contributed by atoms with Gasteiger partial charge in [0.1, 0.15) is 5.69 Å². The molecule has 3 aromatic rings. The summed E-state index contributed by atoms with van der Waals surface area (Å²) < 4.78 is 5.03. The molecule has 0 radical (unpaired) electrons. The highest BCUT2D eigenvalue weighted by Gasteiger charge is 2.18. The van der Waals surface area contributed by atoms with Gasteiger partial charge in [0, 0.05) is 16.5 Å². The Hall–Kier alpha value is -3.52. The van der Waals surface area contributed by atoms with E-state index in [1.807, 2.05) is 0 Å². The van der Waals surface area contributed by atoms with Crippen LogP contribution in [-0.4, -0.2) is 28.4 Å². The minimum atomic E-state index is -0.732. The summed E-state index contributed by atoms with van der Waals surface area (Å²) in [7, 11) is 0. The minimum Gasteiger partial charge on any atom is -0.452 e. The van der Waals surface area contributed by atoms with Gasteiger partial charge in [-0.05, 0) is 37.3 Å². The molecule has 0 saturated heterocycles. The number of benzene rings is 2. The number of para-hydroxylation sites is 2. The van der Waals surface area contributed by atoms with E-state index in [0.29, 0.717) is 21.6 Å². The van der Waals surface area contributed by atoms with E-state index in [1.54, 1.807) is 37.3 Å². The van der Waals surface area contributed by atoms with Gasteiger partial charge in [0.2, 0.25) is 0 Å². The van der Waals surface area contributed by atoms with Crippen molar-refractivity contribution in [1.82, 2.24) is 4.98 Å². The zero-order valence-electron chi connectivity index (χ0n) is 14.6. The number of nitro benzene ring substituents is 1. The average Bonchev–Trinajstić information content (AvgIpc) is 2.66. The Bertz CT molecular complexity index is 1100. The molecular formula is C19H14ClN3O5. The molecule has 0 saturated carbocycles. The first-order valence-electron chi connectivity index (χ1n) is 8.12. The van der Waals surface area contributed by atoms with Crippen molar-refractivity contribution in [3.05, 3.63) is 74.9 Å². The summed E-state index contributed by atoms with van der Waals surface area (Å²) in [6.45, 7) is 1.05. The zero-order chi connectivity index (χ0) is 20.3. The molecule has 3 rings (SSSR count). The number of nitro groups is 1. The smallest absolute Gasteiger partial charge is 0.340 e. The molecule has 0 bridgehead atoms. The molecule has 8 nitrogen and oxygen atoms in total. The fraction of sp³-hybridized carbons (Fsp3) is 0.105. The van der Waals surface area contributed by atoms with Gasteiger partial charge in [0.25, 0.3) is 11.6 Å². The van der Waals surface area contributed by atoms with E-state index >= 15 is 0 Å². The number of carbonyl (C=O) groups excluding carboxylic acids is 2. The lowest BCUT2D eigenvalue weighted by Crippen LogP contribution is -2.21. The number of halogens is 1. The number of fused-ring (bicyclic) bond motifs is 1. The number of esters is 1. The Balaban J connectivity index is 1.70. The Labute approximate surface area is 164 Å². The molecule has 1 heterocycles. The van der Waals surface area contributed by atoms with Gasteiger partial charge in [-0.25, -0.2) is 4.79 Å². The van der Waals surface area contributed by atoms with Crippen LogP contribution in [0.4, 0.5) is 11.4 Å². The number of pyridine rings is 1.